The van der Waals surface area contributed by atoms with Crippen LogP contribution in [0.2, 0.25) is 0 Å². The fourth-order valence-electron chi connectivity index (χ4n) is 1.27. The summed E-state index contributed by atoms with van der Waals surface area (Å²) in [6, 6.07) is 4.79. The summed E-state index contributed by atoms with van der Waals surface area (Å²) in [7, 11) is 1.40. The molecule has 0 saturated carbocycles. The Labute approximate surface area is 102 Å². The molecule has 0 heterocycles. The number of ether oxygens (including phenoxy) is 1. The molecule has 0 aliphatic rings. The van der Waals surface area contributed by atoms with E-state index in [1.807, 2.05) is 0 Å². The van der Waals surface area contributed by atoms with Crippen LogP contribution in [0.1, 0.15) is 15.9 Å². The van der Waals surface area contributed by atoms with Gasteiger partial charge in [0.2, 0.25) is 0 Å². The van der Waals surface area contributed by atoms with Crippen molar-refractivity contribution in [1.29, 1.82) is 0 Å². The first kappa shape index (κ1) is 13.4. The normalized spacial score (nSPS) is 9.94. The van der Waals surface area contributed by atoms with Gasteiger partial charge in [0.05, 0.1) is 12.9 Å². The third kappa shape index (κ3) is 3.99. The van der Waals surface area contributed by atoms with Gasteiger partial charge in [0, 0.05) is 5.75 Å². The second-order valence-corrected chi connectivity index (χ2v) is 4.21. The number of aliphatic carboxylic acids is 1. The molecule has 5 nitrogen and oxygen atoms in total. The molecule has 0 bridgehead atoms. The molecule has 0 saturated heterocycles. The van der Waals surface area contributed by atoms with Crippen LogP contribution in [0.25, 0.3) is 0 Å². The molecule has 0 unspecified atom stereocenters. The van der Waals surface area contributed by atoms with Gasteiger partial charge in [-0.1, -0.05) is 6.07 Å². The number of thioether (sulfide) groups is 1. The SMILES string of the molecule is COc1ccc(CSCC(=O)O)cc1C(=O)O. The zero-order valence-electron chi connectivity index (χ0n) is 9.17. The maximum atomic E-state index is 10.9. The van der Waals surface area contributed by atoms with E-state index in [1.165, 1.54) is 24.9 Å². The van der Waals surface area contributed by atoms with Gasteiger partial charge in [-0.25, -0.2) is 4.79 Å². The Balaban J connectivity index is 2.78. The summed E-state index contributed by atoms with van der Waals surface area (Å²) in [4.78, 5) is 21.3. The number of carboxylic acids is 2. The van der Waals surface area contributed by atoms with Crippen LogP contribution in [0, 0.1) is 0 Å². The van der Waals surface area contributed by atoms with Crippen LogP contribution < -0.4 is 4.74 Å². The topological polar surface area (TPSA) is 83.8 Å². The highest BCUT2D eigenvalue weighted by molar-refractivity contribution is 7.99. The Morgan fingerprint density at radius 1 is 1.35 bits per heavy atom. The molecule has 6 heteroatoms. The standard InChI is InChI=1S/C11H12O5S/c1-16-9-3-2-7(4-8(9)11(14)15)5-17-6-10(12)13/h2-4H,5-6H2,1H3,(H,12,13)(H,14,15). The lowest BCUT2D eigenvalue weighted by Crippen LogP contribution is -2.02. The Kier molecular flexibility index (Phi) is 4.84. The average Bonchev–Trinajstić information content (AvgIpc) is 2.28. The Bertz CT molecular complexity index is 430. The molecule has 92 valence electrons. The molecular formula is C11H12O5S. The van der Waals surface area contributed by atoms with Crippen molar-refractivity contribution in [2.24, 2.45) is 0 Å². The molecule has 1 aromatic carbocycles. The number of benzene rings is 1. The monoisotopic (exact) mass is 256 g/mol. The predicted molar refractivity (Wildman–Crippen MR) is 63.8 cm³/mol. The van der Waals surface area contributed by atoms with Gasteiger partial charge < -0.3 is 14.9 Å². The molecule has 0 aromatic heterocycles. The number of hydrogen-bond acceptors (Lipinski definition) is 4. The molecule has 17 heavy (non-hydrogen) atoms. The first-order valence-electron chi connectivity index (χ1n) is 4.74. The molecule has 1 aromatic rings. The van der Waals surface area contributed by atoms with E-state index in [2.05, 4.69) is 0 Å². The summed E-state index contributed by atoms with van der Waals surface area (Å²) < 4.78 is 4.92. The Hall–Kier alpha value is -1.69. The molecule has 1 rings (SSSR count). The van der Waals surface area contributed by atoms with E-state index < -0.39 is 11.9 Å². The van der Waals surface area contributed by atoms with Gasteiger partial charge in [0.25, 0.3) is 0 Å². The number of methoxy groups -OCH3 is 1. The minimum atomic E-state index is -1.06. The van der Waals surface area contributed by atoms with Crippen LogP contribution in [0.4, 0.5) is 0 Å². The van der Waals surface area contributed by atoms with Gasteiger partial charge in [-0.05, 0) is 17.7 Å². The van der Waals surface area contributed by atoms with E-state index >= 15 is 0 Å². The van der Waals surface area contributed by atoms with Crippen molar-refractivity contribution in [3.05, 3.63) is 29.3 Å². The van der Waals surface area contributed by atoms with Crippen molar-refractivity contribution in [1.82, 2.24) is 0 Å². The van der Waals surface area contributed by atoms with Gasteiger partial charge >= 0.3 is 11.9 Å². The molecule has 0 radical (unpaired) electrons. The number of rotatable bonds is 6. The highest BCUT2D eigenvalue weighted by Crippen LogP contribution is 2.22. The third-order valence-electron chi connectivity index (χ3n) is 1.99. The molecule has 0 amide bonds. The summed E-state index contributed by atoms with van der Waals surface area (Å²) >= 11 is 1.22. The second-order valence-electron chi connectivity index (χ2n) is 3.23. The zero-order chi connectivity index (χ0) is 12.8. The van der Waals surface area contributed by atoms with E-state index in [-0.39, 0.29) is 11.3 Å². The lowest BCUT2D eigenvalue weighted by Gasteiger charge is -2.07. The lowest BCUT2D eigenvalue weighted by molar-refractivity contribution is -0.133. The highest BCUT2D eigenvalue weighted by Gasteiger charge is 2.11. The second kappa shape index (κ2) is 6.15. The van der Waals surface area contributed by atoms with E-state index in [0.717, 1.165) is 5.56 Å². The summed E-state index contributed by atoms with van der Waals surface area (Å²) in [5.74, 6) is -1.20. The predicted octanol–water partition coefficient (Wildman–Crippen LogP) is 1.71. The van der Waals surface area contributed by atoms with Gasteiger partial charge in [-0.3, -0.25) is 4.79 Å². The number of aromatic carboxylic acids is 1. The first-order chi connectivity index (χ1) is 8.04. The smallest absolute Gasteiger partial charge is 0.339 e. The van der Waals surface area contributed by atoms with Crippen molar-refractivity contribution in [3.63, 3.8) is 0 Å². The number of hydrogen-bond donors (Lipinski definition) is 2. The van der Waals surface area contributed by atoms with Gasteiger partial charge in [-0.2, -0.15) is 0 Å². The minimum Gasteiger partial charge on any atom is -0.496 e. The first-order valence-corrected chi connectivity index (χ1v) is 5.90. The minimum absolute atomic E-state index is 0.00552. The molecular weight excluding hydrogens is 244 g/mol. The molecule has 0 spiro atoms. The Morgan fingerprint density at radius 3 is 2.59 bits per heavy atom. The van der Waals surface area contributed by atoms with Gasteiger partial charge in [0.1, 0.15) is 11.3 Å². The Morgan fingerprint density at radius 2 is 2.06 bits per heavy atom. The fraction of sp³-hybridized carbons (Fsp3) is 0.273. The van der Waals surface area contributed by atoms with Crippen LogP contribution in [-0.2, 0) is 10.5 Å². The highest BCUT2D eigenvalue weighted by atomic mass is 32.2. The fourth-order valence-corrected chi connectivity index (χ4v) is 1.96. The third-order valence-corrected chi connectivity index (χ3v) is 2.98. The summed E-state index contributed by atoms with van der Waals surface area (Å²) in [6.45, 7) is 0. The van der Waals surface area contributed by atoms with Crippen LogP contribution in [0.3, 0.4) is 0 Å². The van der Waals surface area contributed by atoms with Crippen molar-refractivity contribution < 1.29 is 24.5 Å². The van der Waals surface area contributed by atoms with Gasteiger partial charge in [-0.15, -0.1) is 11.8 Å². The van der Waals surface area contributed by atoms with Crippen LogP contribution in [0.15, 0.2) is 18.2 Å². The number of carbonyl (C=O) groups is 2. The molecule has 0 fully saturated rings. The zero-order valence-corrected chi connectivity index (χ0v) is 9.99. The van der Waals surface area contributed by atoms with E-state index in [4.69, 9.17) is 14.9 Å². The molecule has 0 aliphatic carbocycles. The lowest BCUT2D eigenvalue weighted by atomic mass is 10.1. The van der Waals surface area contributed by atoms with Crippen molar-refractivity contribution in [3.8, 4) is 5.75 Å². The maximum Gasteiger partial charge on any atom is 0.339 e. The van der Waals surface area contributed by atoms with Gasteiger partial charge in [0.15, 0.2) is 0 Å². The van der Waals surface area contributed by atoms with Crippen molar-refractivity contribution in [2.45, 2.75) is 5.75 Å². The van der Waals surface area contributed by atoms with Crippen LogP contribution >= 0.6 is 11.8 Å². The van der Waals surface area contributed by atoms with Crippen LogP contribution in [-0.4, -0.2) is 35.0 Å². The maximum absolute atomic E-state index is 10.9. The molecule has 2 N–H and O–H groups in total. The summed E-state index contributed by atoms with van der Waals surface area (Å²) in [5.41, 5.74) is 0.843. The van der Waals surface area contributed by atoms with E-state index in [0.29, 0.717) is 11.5 Å². The molecule has 0 atom stereocenters. The number of carboxylic acid groups (broad SMARTS) is 2. The molecule has 0 aliphatic heterocycles. The van der Waals surface area contributed by atoms with E-state index in [1.54, 1.807) is 12.1 Å². The van der Waals surface area contributed by atoms with Crippen LogP contribution in [0.5, 0.6) is 5.75 Å². The average molecular weight is 256 g/mol. The van der Waals surface area contributed by atoms with Crippen molar-refractivity contribution >= 4 is 23.7 Å². The summed E-state index contributed by atoms with van der Waals surface area (Å²) in [5, 5.41) is 17.4. The van der Waals surface area contributed by atoms with Crippen molar-refractivity contribution in [2.75, 3.05) is 12.9 Å². The van der Waals surface area contributed by atoms with E-state index in [9.17, 15) is 9.59 Å². The largest absolute Gasteiger partial charge is 0.496 e. The quantitative estimate of drug-likeness (QED) is 0.806. The summed E-state index contributed by atoms with van der Waals surface area (Å²) in [6.07, 6.45) is 0.